The molecule has 0 rings (SSSR count). The van der Waals surface area contributed by atoms with Crippen LogP contribution in [-0.2, 0) is 9.47 Å². The number of azide groups is 1. The first-order valence-electron chi connectivity index (χ1n) is 4.25. The Labute approximate surface area is 94.5 Å². The summed E-state index contributed by atoms with van der Waals surface area (Å²) in [7, 11) is 6.92. The summed E-state index contributed by atoms with van der Waals surface area (Å²) >= 11 is 5.68. The van der Waals surface area contributed by atoms with Crippen LogP contribution in [0.15, 0.2) is 5.11 Å². The number of hydrogen-bond acceptors (Lipinski definition) is 4. The van der Waals surface area contributed by atoms with Crippen molar-refractivity contribution in [1.29, 1.82) is 0 Å². The smallest absolute Gasteiger partial charge is 0.192 e. The van der Waals surface area contributed by atoms with Crippen LogP contribution in [0.25, 0.3) is 10.4 Å². The second-order valence-electron chi connectivity index (χ2n) is 2.99. The largest absolute Gasteiger partial charge is 0.393 e. The van der Waals surface area contributed by atoms with Crippen molar-refractivity contribution in [2.75, 3.05) is 20.3 Å². The molecule has 0 aromatic heterocycles. The van der Waals surface area contributed by atoms with Gasteiger partial charge in [-0.3, -0.25) is 0 Å². The summed E-state index contributed by atoms with van der Waals surface area (Å²) in [6.45, 7) is 0.977. The molecular formula is C7H13BClN3O3. The standard InChI is InChI=1S/C7H13BClN3O3/c1-5(9)6(8)15-7(3-13,4-14-2)11-12-10/h5-6,13H,3-4H2,1-2H3/t5-,6-,7+/m1/s1. The number of rotatable bonds is 7. The minimum atomic E-state index is -1.52. The molecule has 0 aliphatic heterocycles. The molecule has 0 fully saturated rings. The van der Waals surface area contributed by atoms with Crippen molar-refractivity contribution in [2.24, 2.45) is 5.11 Å². The Morgan fingerprint density at radius 3 is 2.67 bits per heavy atom. The van der Waals surface area contributed by atoms with Crippen molar-refractivity contribution in [3.05, 3.63) is 10.4 Å². The molecule has 8 heteroatoms. The highest BCUT2D eigenvalue weighted by Crippen LogP contribution is 2.18. The van der Waals surface area contributed by atoms with Crippen molar-refractivity contribution in [3.63, 3.8) is 0 Å². The van der Waals surface area contributed by atoms with Crippen molar-refractivity contribution >= 4 is 19.4 Å². The number of aliphatic hydroxyl groups is 1. The molecule has 0 aromatic carbocycles. The van der Waals surface area contributed by atoms with E-state index in [2.05, 4.69) is 10.0 Å². The number of alkyl halides is 1. The first-order chi connectivity index (χ1) is 7.01. The molecule has 0 spiro atoms. The van der Waals surface area contributed by atoms with E-state index in [9.17, 15) is 0 Å². The molecule has 2 radical (unpaired) electrons. The van der Waals surface area contributed by atoms with Gasteiger partial charge in [-0.25, -0.2) is 0 Å². The third kappa shape index (κ3) is 4.73. The number of halogens is 1. The summed E-state index contributed by atoms with van der Waals surface area (Å²) in [6, 6.07) is -0.862. The number of hydrogen-bond donors (Lipinski definition) is 1. The normalized spacial score (nSPS) is 18.7. The lowest BCUT2D eigenvalue weighted by Gasteiger charge is -2.31. The van der Waals surface area contributed by atoms with Gasteiger partial charge < -0.3 is 14.6 Å². The number of nitrogens with zero attached hydrogens (tertiary/aromatic N) is 3. The molecule has 0 saturated heterocycles. The van der Waals surface area contributed by atoms with Gasteiger partial charge in [0.2, 0.25) is 0 Å². The predicted molar refractivity (Wildman–Crippen MR) is 56.8 cm³/mol. The molecular weight excluding hydrogens is 220 g/mol. The zero-order valence-electron chi connectivity index (χ0n) is 8.63. The SMILES string of the molecule is [B][C@H](O[C@@](CO)(COC)N=[N+]=[N-])[C@@H](C)Cl. The maximum atomic E-state index is 9.10. The third-order valence-electron chi connectivity index (χ3n) is 1.65. The van der Waals surface area contributed by atoms with Gasteiger partial charge in [-0.05, 0) is 12.5 Å². The maximum absolute atomic E-state index is 9.10. The lowest BCUT2D eigenvalue weighted by atomic mass is 9.96. The van der Waals surface area contributed by atoms with Crippen LogP contribution in [0.3, 0.4) is 0 Å². The van der Waals surface area contributed by atoms with Crippen LogP contribution < -0.4 is 0 Å². The highest BCUT2D eigenvalue weighted by molar-refractivity contribution is 6.26. The van der Waals surface area contributed by atoms with Gasteiger partial charge in [0.15, 0.2) is 5.72 Å². The van der Waals surface area contributed by atoms with Crippen molar-refractivity contribution in [1.82, 2.24) is 0 Å². The van der Waals surface area contributed by atoms with Crippen LogP contribution in [0.1, 0.15) is 6.92 Å². The Bertz CT molecular complexity index is 238. The van der Waals surface area contributed by atoms with Crippen molar-refractivity contribution < 1.29 is 14.6 Å². The van der Waals surface area contributed by atoms with Gasteiger partial charge in [0.05, 0.1) is 13.2 Å². The van der Waals surface area contributed by atoms with Crippen LogP contribution in [0.4, 0.5) is 0 Å². The van der Waals surface area contributed by atoms with Gasteiger partial charge in [-0.1, -0.05) is 5.11 Å². The summed E-state index contributed by atoms with van der Waals surface area (Å²) in [4.78, 5) is 2.57. The summed E-state index contributed by atoms with van der Waals surface area (Å²) < 4.78 is 9.96. The minimum absolute atomic E-state index is 0.106. The molecule has 84 valence electrons. The first-order valence-corrected chi connectivity index (χ1v) is 4.68. The minimum Gasteiger partial charge on any atom is -0.393 e. The molecule has 15 heavy (non-hydrogen) atoms. The topological polar surface area (TPSA) is 87.5 Å². The zero-order valence-corrected chi connectivity index (χ0v) is 9.39. The Balaban J connectivity index is 4.67. The molecule has 0 unspecified atom stereocenters. The van der Waals surface area contributed by atoms with Crippen LogP contribution in [0, 0.1) is 0 Å². The molecule has 0 heterocycles. The van der Waals surface area contributed by atoms with E-state index in [1.807, 2.05) is 0 Å². The van der Waals surface area contributed by atoms with Gasteiger partial charge in [-0.2, -0.15) is 0 Å². The van der Waals surface area contributed by atoms with Crippen LogP contribution in [-0.4, -0.2) is 50.4 Å². The fourth-order valence-electron chi connectivity index (χ4n) is 0.855. The van der Waals surface area contributed by atoms with E-state index in [-0.39, 0.29) is 6.61 Å². The maximum Gasteiger partial charge on any atom is 0.192 e. The Morgan fingerprint density at radius 1 is 1.73 bits per heavy atom. The lowest BCUT2D eigenvalue weighted by Crippen LogP contribution is -2.44. The number of aliphatic hydroxyl groups excluding tert-OH is 1. The molecule has 3 atom stereocenters. The summed E-state index contributed by atoms with van der Waals surface area (Å²) in [6.07, 6.45) is 0. The van der Waals surface area contributed by atoms with E-state index in [0.717, 1.165) is 0 Å². The average Bonchev–Trinajstić information content (AvgIpc) is 2.18. The Morgan fingerprint density at radius 2 is 2.33 bits per heavy atom. The molecule has 0 bridgehead atoms. The molecule has 0 aromatic rings. The molecule has 0 saturated carbocycles. The Kier molecular flexibility index (Phi) is 6.71. The van der Waals surface area contributed by atoms with Gasteiger partial charge in [0.25, 0.3) is 0 Å². The first kappa shape index (κ1) is 14.5. The number of ether oxygens (including phenoxy) is 2. The summed E-state index contributed by atoms with van der Waals surface area (Å²) in [5, 5.41) is 11.9. The molecule has 0 aliphatic carbocycles. The van der Waals surface area contributed by atoms with E-state index < -0.39 is 23.7 Å². The van der Waals surface area contributed by atoms with Crippen molar-refractivity contribution in [3.8, 4) is 0 Å². The average molecular weight is 233 g/mol. The third-order valence-corrected chi connectivity index (χ3v) is 1.90. The van der Waals surface area contributed by atoms with Crippen LogP contribution >= 0.6 is 11.6 Å². The predicted octanol–water partition coefficient (Wildman–Crippen LogP) is 0.770. The fraction of sp³-hybridized carbons (Fsp3) is 1.00. The quantitative estimate of drug-likeness (QED) is 0.232. The zero-order chi connectivity index (χ0) is 11.9. The van der Waals surface area contributed by atoms with E-state index in [1.165, 1.54) is 7.11 Å². The molecule has 0 aliphatic rings. The van der Waals surface area contributed by atoms with Crippen molar-refractivity contribution in [2.45, 2.75) is 24.0 Å². The van der Waals surface area contributed by atoms with Crippen LogP contribution in [0.2, 0.25) is 0 Å². The highest BCUT2D eigenvalue weighted by atomic mass is 35.5. The second-order valence-corrected chi connectivity index (χ2v) is 3.68. The van der Waals surface area contributed by atoms with Gasteiger partial charge in [-0.15, -0.1) is 11.6 Å². The van der Waals surface area contributed by atoms with Gasteiger partial charge in [0.1, 0.15) is 7.85 Å². The van der Waals surface area contributed by atoms with Gasteiger partial charge in [0, 0.05) is 23.4 Å². The molecule has 6 nitrogen and oxygen atoms in total. The van der Waals surface area contributed by atoms with E-state index >= 15 is 0 Å². The fourth-order valence-corrected chi connectivity index (χ4v) is 0.907. The number of methoxy groups -OCH3 is 1. The van der Waals surface area contributed by atoms with E-state index in [4.69, 9.17) is 39.6 Å². The highest BCUT2D eigenvalue weighted by Gasteiger charge is 2.32. The molecule has 1 N–H and O–H groups in total. The monoisotopic (exact) mass is 233 g/mol. The lowest BCUT2D eigenvalue weighted by molar-refractivity contribution is -0.123. The van der Waals surface area contributed by atoms with Gasteiger partial charge >= 0.3 is 0 Å². The second kappa shape index (κ2) is 6.92. The van der Waals surface area contributed by atoms with E-state index in [0.29, 0.717) is 0 Å². The van der Waals surface area contributed by atoms with Crippen LogP contribution in [0.5, 0.6) is 0 Å². The molecule has 0 amide bonds. The van der Waals surface area contributed by atoms with E-state index in [1.54, 1.807) is 6.92 Å². The summed E-state index contributed by atoms with van der Waals surface area (Å²) in [5.74, 6) is 0. The summed E-state index contributed by atoms with van der Waals surface area (Å²) in [5.41, 5.74) is 6.83. The Hall–Kier alpha value is -0.455.